The minimum absolute atomic E-state index is 0.779. The number of para-hydroxylation sites is 1. The fourth-order valence-corrected chi connectivity index (χ4v) is 7.29. The molecule has 1 nitrogen and oxygen atoms in total. The van der Waals surface area contributed by atoms with E-state index in [4.69, 9.17) is 0 Å². The standard InChI is InChI=1S/C41H27N/c1-2-12-26(13-3-1)27-14-10-15-28(24-27)29-22-11-23-36-38-34-20-8-9-21-35(34)39-32-18-6-4-16-30(32)31-17-5-7-19-33(31)40(39)37(38)25-42-41(29)36/h1-24,42H,25H2. The Kier molecular flexibility index (Phi) is 5.03. The molecule has 0 amide bonds. The molecule has 0 aliphatic carbocycles. The zero-order valence-corrected chi connectivity index (χ0v) is 23.1. The number of anilines is 1. The minimum atomic E-state index is 0.779. The molecule has 196 valence electrons. The molecule has 8 aromatic carbocycles. The number of hydrogen-bond donors (Lipinski definition) is 1. The molecular formula is C41H27N. The van der Waals surface area contributed by atoms with Gasteiger partial charge in [0.2, 0.25) is 0 Å². The monoisotopic (exact) mass is 533 g/mol. The first-order valence-electron chi connectivity index (χ1n) is 14.7. The Hall–Kier alpha value is -5.40. The van der Waals surface area contributed by atoms with E-state index in [1.54, 1.807) is 0 Å². The predicted molar refractivity (Wildman–Crippen MR) is 180 cm³/mol. The van der Waals surface area contributed by atoms with Crippen molar-refractivity contribution in [3.63, 3.8) is 0 Å². The molecule has 0 saturated carbocycles. The summed E-state index contributed by atoms with van der Waals surface area (Å²) in [5, 5.41) is 14.6. The summed E-state index contributed by atoms with van der Waals surface area (Å²) < 4.78 is 0. The first-order valence-corrected chi connectivity index (χ1v) is 14.7. The fraction of sp³-hybridized carbons (Fsp3) is 0.0244. The molecule has 1 heteroatoms. The molecule has 0 atom stereocenters. The molecular weight excluding hydrogens is 506 g/mol. The van der Waals surface area contributed by atoms with Gasteiger partial charge in [-0.05, 0) is 77.0 Å². The van der Waals surface area contributed by atoms with Crippen molar-refractivity contribution in [3.05, 3.63) is 151 Å². The molecule has 0 saturated heterocycles. The van der Waals surface area contributed by atoms with E-state index in [1.165, 1.54) is 87.7 Å². The van der Waals surface area contributed by atoms with Gasteiger partial charge in [0.15, 0.2) is 0 Å². The lowest BCUT2D eigenvalue weighted by Crippen LogP contribution is -2.11. The third kappa shape index (κ3) is 3.31. The van der Waals surface area contributed by atoms with Crippen molar-refractivity contribution >= 4 is 48.8 Å². The maximum absolute atomic E-state index is 3.91. The normalized spacial score (nSPS) is 12.4. The molecule has 0 unspecified atom stereocenters. The molecule has 1 heterocycles. The molecule has 0 fully saturated rings. The average Bonchev–Trinajstić information content (AvgIpc) is 3.08. The topological polar surface area (TPSA) is 12.0 Å². The van der Waals surface area contributed by atoms with Crippen molar-refractivity contribution < 1.29 is 0 Å². The van der Waals surface area contributed by atoms with E-state index in [9.17, 15) is 0 Å². The van der Waals surface area contributed by atoms with Crippen LogP contribution in [0, 0.1) is 0 Å². The Morgan fingerprint density at radius 3 is 1.64 bits per heavy atom. The lowest BCUT2D eigenvalue weighted by molar-refractivity contribution is 1.15. The highest BCUT2D eigenvalue weighted by atomic mass is 14.9. The summed E-state index contributed by atoms with van der Waals surface area (Å²) in [6.45, 7) is 0.779. The van der Waals surface area contributed by atoms with Crippen LogP contribution < -0.4 is 5.32 Å². The van der Waals surface area contributed by atoms with Crippen LogP contribution in [0.5, 0.6) is 0 Å². The highest BCUT2D eigenvalue weighted by Crippen LogP contribution is 2.50. The van der Waals surface area contributed by atoms with E-state index in [0.717, 1.165) is 6.54 Å². The lowest BCUT2D eigenvalue weighted by Gasteiger charge is -2.28. The van der Waals surface area contributed by atoms with Crippen LogP contribution in [0.1, 0.15) is 5.56 Å². The van der Waals surface area contributed by atoms with Crippen LogP contribution in [0.15, 0.2) is 146 Å². The molecule has 0 bridgehead atoms. The third-order valence-electron chi connectivity index (χ3n) is 9.06. The van der Waals surface area contributed by atoms with E-state index in [-0.39, 0.29) is 0 Å². The summed E-state index contributed by atoms with van der Waals surface area (Å²) in [5.74, 6) is 0. The van der Waals surface area contributed by atoms with Crippen molar-refractivity contribution in [1.29, 1.82) is 0 Å². The van der Waals surface area contributed by atoms with Crippen LogP contribution in [0.2, 0.25) is 0 Å². The lowest BCUT2D eigenvalue weighted by atomic mass is 9.81. The molecule has 0 spiro atoms. The van der Waals surface area contributed by atoms with Gasteiger partial charge in [-0.15, -0.1) is 0 Å². The van der Waals surface area contributed by atoms with Crippen molar-refractivity contribution in [2.75, 3.05) is 5.32 Å². The summed E-state index contributed by atoms with van der Waals surface area (Å²) in [6, 6.07) is 53.2. The molecule has 0 aromatic heterocycles. The Morgan fingerprint density at radius 1 is 0.381 bits per heavy atom. The number of hydrogen-bond acceptors (Lipinski definition) is 1. The number of benzene rings is 8. The first-order chi connectivity index (χ1) is 20.9. The van der Waals surface area contributed by atoms with E-state index in [0.29, 0.717) is 0 Å². The highest BCUT2D eigenvalue weighted by Gasteiger charge is 2.26. The Morgan fingerprint density at radius 2 is 0.905 bits per heavy atom. The smallest absolute Gasteiger partial charge is 0.0502 e. The van der Waals surface area contributed by atoms with Crippen LogP contribution in [0.25, 0.3) is 76.5 Å². The maximum atomic E-state index is 3.91. The van der Waals surface area contributed by atoms with Crippen molar-refractivity contribution in [3.8, 4) is 33.4 Å². The number of nitrogens with one attached hydrogen (secondary N) is 1. The second kappa shape index (κ2) is 9.06. The second-order valence-corrected chi connectivity index (χ2v) is 11.3. The average molecular weight is 534 g/mol. The maximum Gasteiger partial charge on any atom is 0.0502 e. The van der Waals surface area contributed by atoms with Gasteiger partial charge in [-0.2, -0.15) is 0 Å². The van der Waals surface area contributed by atoms with E-state index >= 15 is 0 Å². The molecule has 1 aliphatic rings. The second-order valence-electron chi connectivity index (χ2n) is 11.3. The van der Waals surface area contributed by atoms with Crippen molar-refractivity contribution in [1.82, 2.24) is 0 Å². The molecule has 8 aromatic rings. The van der Waals surface area contributed by atoms with Gasteiger partial charge in [0.25, 0.3) is 0 Å². The summed E-state index contributed by atoms with van der Waals surface area (Å²) in [5.41, 5.74) is 10.2. The van der Waals surface area contributed by atoms with Crippen LogP contribution in [0.3, 0.4) is 0 Å². The summed E-state index contributed by atoms with van der Waals surface area (Å²) in [7, 11) is 0. The van der Waals surface area contributed by atoms with Crippen LogP contribution in [-0.4, -0.2) is 0 Å². The third-order valence-corrected chi connectivity index (χ3v) is 9.06. The van der Waals surface area contributed by atoms with Gasteiger partial charge in [-0.3, -0.25) is 0 Å². The summed E-state index contributed by atoms with van der Waals surface area (Å²) in [6.07, 6.45) is 0. The Bertz CT molecular complexity index is 2350. The fourth-order valence-electron chi connectivity index (χ4n) is 7.29. The van der Waals surface area contributed by atoms with Crippen LogP contribution in [0.4, 0.5) is 5.69 Å². The van der Waals surface area contributed by atoms with Gasteiger partial charge in [0.05, 0.1) is 5.69 Å². The highest BCUT2D eigenvalue weighted by molar-refractivity contribution is 6.34. The van der Waals surface area contributed by atoms with Gasteiger partial charge in [-0.25, -0.2) is 0 Å². The molecule has 9 rings (SSSR count). The zero-order chi connectivity index (χ0) is 27.6. The minimum Gasteiger partial charge on any atom is -0.380 e. The zero-order valence-electron chi connectivity index (χ0n) is 23.1. The van der Waals surface area contributed by atoms with Crippen molar-refractivity contribution in [2.45, 2.75) is 6.54 Å². The van der Waals surface area contributed by atoms with Gasteiger partial charge in [-0.1, -0.05) is 140 Å². The molecule has 1 N–H and O–H groups in total. The molecule has 1 aliphatic heterocycles. The number of fused-ring (bicyclic) bond motifs is 13. The molecule has 0 radical (unpaired) electrons. The Balaban J connectivity index is 1.38. The Labute approximate surface area is 244 Å². The van der Waals surface area contributed by atoms with E-state index in [2.05, 4.69) is 151 Å². The van der Waals surface area contributed by atoms with Gasteiger partial charge < -0.3 is 5.32 Å². The number of rotatable bonds is 2. The van der Waals surface area contributed by atoms with Gasteiger partial charge >= 0.3 is 0 Å². The van der Waals surface area contributed by atoms with E-state index in [1.807, 2.05) is 0 Å². The predicted octanol–water partition coefficient (Wildman–Crippen LogP) is 11.2. The van der Waals surface area contributed by atoms with Crippen LogP contribution >= 0.6 is 0 Å². The summed E-state index contributed by atoms with van der Waals surface area (Å²) in [4.78, 5) is 0. The molecule has 42 heavy (non-hydrogen) atoms. The van der Waals surface area contributed by atoms with Crippen LogP contribution in [-0.2, 0) is 6.54 Å². The largest absolute Gasteiger partial charge is 0.380 e. The van der Waals surface area contributed by atoms with Gasteiger partial charge in [0, 0.05) is 17.7 Å². The quantitative estimate of drug-likeness (QED) is 0.218. The van der Waals surface area contributed by atoms with E-state index < -0.39 is 0 Å². The summed E-state index contributed by atoms with van der Waals surface area (Å²) >= 11 is 0. The van der Waals surface area contributed by atoms with Crippen molar-refractivity contribution in [2.24, 2.45) is 0 Å². The SMILES string of the molecule is c1ccc(-c2cccc(-c3cccc4c3NCc3c-4c4ccccc4c4c5ccccc5c5ccccc5c34)c2)cc1. The van der Waals surface area contributed by atoms with Gasteiger partial charge in [0.1, 0.15) is 0 Å². The first kappa shape index (κ1) is 23.3.